The van der Waals surface area contributed by atoms with E-state index in [1.807, 2.05) is 154 Å². The molecule has 7 aromatic carbocycles. The molecule has 0 fully saturated rings. The third kappa shape index (κ3) is 24.8. The minimum absolute atomic E-state index is 0. The van der Waals surface area contributed by atoms with E-state index >= 15 is 0 Å². The van der Waals surface area contributed by atoms with E-state index in [-0.39, 0.29) is 106 Å². The predicted octanol–water partition coefficient (Wildman–Crippen LogP) is 15.5. The molecule has 0 saturated carbocycles. The fraction of sp³-hybridized carbons (Fsp3) is 0.253. The number of likely N-dealkylation sites (N-methyl/N-ethyl adjacent to an activating group) is 1. The fourth-order valence-corrected chi connectivity index (χ4v) is 9.99. The summed E-state index contributed by atoms with van der Waals surface area (Å²) < 4.78 is 33.1. The van der Waals surface area contributed by atoms with E-state index in [0.717, 1.165) is 143 Å². The van der Waals surface area contributed by atoms with Crippen LogP contribution >= 0.6 is 86.8 Å². The molecule has 7 aliphatic heterocycles. The van der Waals surface area contributed by atoms with Gasteiger partial charge in [0, 0.05) is 88.4 Å². The highest BCUT2D eigenvalue weighted by Gasteiger charge is 2.30. The van der Waals surface area contributed by atoms with Gasteiger partial charge in [0.15, 0.2) is 23.3 Å². The Morgan fingerprint density at radius 1 is 0.422 bits per heavy atom. The van der Waals surface area contributed by atoms with Crippen molar-refractivity contribution >= 4 is 127 Å². The smallest absolute Gasteiger partial charge is 0.193 e. The van der Waals surface area contributed by atoms with Crippen LogP contribution in [0.25, 0.3) is 0 Å². The van der Waals surface area contributed by atoms with Crippen LogP contribution in [-0.2, 0) is 52.2 Å². The van der Waals surface area contributed by atoms with Crippen LogP contribution in [-0.4, -0.2) is 39.0 Å². The molecule has 27 heteroatoms. The number of anilines is 7. The Bertz CT molecular complexity index is 3920. The van der Waals surface area contributed by atoms with Gasteiger partial charge in [0.2, 0.25) is 0 Å². The first-order valence-corrected chi connectivity index (χ1v) is 30.9. The van der Waals surface area contributed by atoms with Gasteiger partial charge in [-0.15, -0.1) is 86.8 Å². The first kappa shape index (κ1) is 93.9. The molecule has 19 N–H and O–H groups in total. The molecule has 7 aliphatic rings. The van der Waals surface area contributed by atoms with E-state index in [0.29, 0.717) is 70.8 Å². The van der Waals surface area contributed by atoms with Gasteiger partial charge >= 0.3 is 0 Å². The molecule has 0 radical (unpaired) electrons. The van der Waals surface area contributed by atoms with Crippen molar-refractivity contribution in [3.05, 3.63) is 258 Å². The summed E-state index contributed by atoms with van der Waals surface area (Å²) in [7, 11) is 3.92. The van der Waals surface area contributed by atoms with E-state index in [4.69, 9.17) is 68.6 Å². The van der Waals surface area contributed by atoms with E-state index in [1.54, 1.807) is 0 Å². The lowest BCUT2D eigenvalue weighted by molar-refractivity contribution is 0.144. The normalized spacial score (nSPS) is 14.5. The maximum absolute atomic E-state index is 5.83. The van der Waals surface area contributed by atoms with Crippen LogP contribution < -0.4 is 105 Å². The Morgan fingerprint density at radius 2 is 0.824 bits per heavy atom. The second-order valence-corrected chi connectivity index (χ2v) is 23.3. The molecule has 1 unspecified atom stereocenters. The largest absolute Gasteiger partial charge is 0.485 e. The zero-order valence-electron chi connectivity index (χ0n) is 57.7. The molecule has 0 saturated heterocycles. The third-order valence-corrected chi connectivity index (χ3v) is 15.9. The molecular formula is C75H103Cl7N14O6. The highest BCUT2D eigenvalue weighted by Crippen LogP contribution is 2.40. The van der Waals surface area contributed by atoms with Gasteiger partial charge in [-0.1, -0.05) is 88.9 Å². The van der Waals surface area contributed by atoms with Crippen LogP contribution in [0.2, 0.25) is 0 Å². The number of nitrogens with one attached hydrogen (secondary N) is 5. The van der Waals surface area contributed by atoms with E-state index < -0.39 is 0 Å². The van der Waals surface area contributed by atoms with Crippen molar-refractivity contribution in [2.24, 2.45) is 40.1 Å². The molecule has 0 bridgehead atoms. The lowest BCUT2D eigenvalue weighted by atomic mass is 10.00. The summed E-state index contributed by atoms with van der Waals surface area (Å²) in [4.78, 5) is 3.95. The molecule has 7 aromatic rings. The molecular weight excluding hydrogens is 1440 g/mol. The minimum atomic E-state index is -0.364. The van der Waals surface area contributed by atoms with Crippen molar-refractivity contribution in [2.45, 2.75) is 98.6 Å². The van der Waals surface area contributed by atoms with Crippen LogP contribution in [0.3, 0.4) is 0 Å². The van der Waals surface area contributed by atoms with E-state index in [9.17, 15) is 0 Å². The number of fused-ring (bicyclic) bond motifs is 7. The van der Waals surface area contributed by atoms with Crippen molar-refractivity contribution in [3.63, 3.8) is 0 Å². The lowest BCUT2D eigenvalue weighted by Crippen LogP contribution is -2.37. The van der Waals surface area contributed by atoms with Gasteiger partial charge < -0.3 is 105 Å². The van der Waals surface area contributed by atoms with Gasteiger partial charge in [-0.3, -0.25) is 0 Å². The number of rotatable bonds is 7. The summed E-state index contributed by atoms with van der Waals surface area (Å²) in [5, 5.41) is 15.9. The summed E-state index contributed by atoms with van der Waals surface area (Å²) in [5.41, 5.74) is 59.3. The zero-order valence-corrected chi connectivity index (χ0v) is 63.4. The average Bonchev–Trinajstić information content (AvgIpc) is 0.811. The topological polar surface area (TPSA) is 304 Å². The number of aryl methyl sites for hydroxylation is 1. The fourth-order valence-electron chi connectivity index (χ4n) is 9.99. The maximum Gasteiger partial charge on any atom is 0.193 e. The molecule has 14 rings (SSSR count). The minimum Gasteiger partial charge on any atom is -0.485 e. The monoisotopic (exact) mass is 1540 g/mol. The Morgan fingerprint density at radius 3 is 1.35 bits per heavy atom. The SMILES string of the molecule is C.C=C1CCc2ccc(CN)cc2N1.C=C1COc2ccc(CN)cc2N1.C=C1COc2ccc(CN)cc2N1C.C=C1Nc2cc(CN)ccc2O1.C=C1Nc2cc(CN)ccc2OC1(C)C.C=C1Nc2cc(CN)ccc2OC1C.C=C1Oc2ccc(CN)cc2N1C.Cl.Cl.Cl.Cl.Cl.Cl.Cl. The van der Waals surface area contributed by atoms with Gasteiger partial charge in [0.05, 0.1) is 39.8 Å². The highest BCUT2D eigenvalue weighted by molar-refractivity contribution is 5.86. The second kappa shape index (κ2) is 43.7. The summed E-state index contributed by atoms with van der Waals surface area (Å²) in [6.07, 6.45) is 2.15. The molecule has 0 spiro atoms. The average molecular weight is 1540 g/mol. The summed E-state index contributed by atoms with van der Waals surface area (Å²) in [6, 6.07) is 41.7. The van der Waals surface area contributed by atoms with Crippen molar-refractivity contribution in [2.75, 3.05) is 63.7 Å². The summed E-state index contributed by atoms with van der Waals surface area (Å²) >= 11 is 0. The Kier molecular flexibility index (Phi) is 40.3. The van der Waals surface area contributed by atoms with Crippen molar-refractivity contribution < 1.29 is 28.4 Å². The van der Waals surface area contributed by atoms with Gasteiger partial charge in [-0.05, 0) is 170 Å². The number of nitrogens with two attached hydrogens (primary N) is 7. The van der Waals surface area contributed by atoms with Crippen LogP contribution in [0.15, 0.2) is 214 Å². The molecule has 0 amide bonds. The standard InChI is InChI=1S/C12H16N2O.2C11H14N2O.C11H14N2.2C10H12N2O.C9H10N2O.CH4.7ClH/c1-8-12(2,3)15-11-5-4-9(7-13)6-10(11)14-8;1-8-7-14-11-4-3-9(6-12)5-10(11)13(8)2;1-7-8(2)14-11-4-3-9(6-12)5-10(11)13-7;1-8-2-4-10-5-3-9(7-12)6-11(10)13-8;1-7-12(2)9-5-8(6-11)3-4-10(9)13-7;1-7-6-13-10-3-2-8(5-11)4-9(10)12-7;1-6-11-8-4-7(5-10)2-3-9(8)12-6;;;;;;;;/h4-6,14H,1,7,13H2,2-3H3;3-5H,1,6-7,12H2,2H3;3-5,8,13H,1,6,12H2,2H3;3,5-6,13H,1-2,4,7,12H2;3-5H,1,6,11H2,2H3;2-4,12H,1,5-6,11H2;2-4,11H,1,5,10H2;1H4;7*1H. The molecule has 0 aliphatic carbocycles. The number of hydrogen-bond donors (Lipinski definition) is 12. The third-order valence-electron chi connectivity index (χ3n) is 15.9. The molecule has 20 nitrogen and oxygen atoms in total. The highest BCUT2D eigenvalue weighted by atomic mass is 35.5. The van der Waals surface area contributed by atoms with Gasteiger partial charge in [0.25, 0.3) is 0 Å². The van der Waals surface area contributed by atoms with Crippen LogP contribution in [0, 0.1) is 0 Å². The van der Waals surface area contributed by atoms with Crippen LogP contribution in [0.4, 0.5) is 39.8 Å². The van der Waals surface area contributed by atoms with Gasteiger partial charge in [0.1, 0.15) is 47.9 Å². The quantitative estimate of drug-likeness (QED) is 0.0706. The van der Waals surface area contributed by atoms with Crippen molar-refractivity contribution in [1.82, 2.24) is 0 Å². The Balaban J connectivity index is 0.00000115. The molecule has 0 aromatic heterocycles. The second-order valence-electron chi connectivity index (χ2n) is 23.3. The number of allylic oxidation sites excluding steroid dienone is 1. The number of ether oxygens (including phenoxy) is 6. The number of hydrogen-bond acceptors (Lipinski definition) is 20. The Hall–Kier alpha value is -8.13. The number of benzene rings is 7. The number of halogens is 7. The number of nitrogens with zero attached hydrogens (tertiary/aromatic N) is 2. The molecule has 558 valence electrons. The van der Waals surface area contributed by atoms with Crippen molar-refractivity contribution in [3.8, 4) is 34.5 Å². The summed E-state index contributed by atoms with van der Waals surface area (Å²) in [6.45, 7) is 37.8. The first-order chi connectivity index (χ1) is 45.0. The summed E-state index contributed by atoms with van der Waals surface area (Å²) in [5.74, 6) is 6.37. The van der Waals surface area contributed by atoms with Gasteiger partial charge in [-0.2, -0.15) is 0 Å². The molecule has 102 heavy (non-hydrogen) atoms. The molecule has 7 heterocycles. The predicted molar refractivity (Wildman–Crippen MR) is 442 cm³/mol. The first-order valence-electron chi connectivity index (χ1n) is 30.9. The Labute approximate surface area is 645 Å². The molecule has 1 atom stereocenters. The van der Waals surface area contributed by atoms with Crippen LogP contribution in [0.5, 0.6) is 34.5 Å². The van der Waals surface area contributed by atoms with E-state index in [2.05, 4.69) is 90.8 Å². The lowest BCUT2D eigenvalue weighted by Gasteiger charge is -2.35. The van der Waals surface area contributed by atoms with Crippen molar-refractivity contribution in [1.29, 1.82) is 0 Å². The zero-order chi connectivity index (χ0) is 67.8. The van der Waals surface area contributed by atoms with E-state index in [1.165, 1.54) is 16.8 Å². The van der Waals surface area contributed by atoms with Crippen LogP contribution in [0.1, 0.15) is 79.1 Å². The maximum atomic E-state index is 5.83. The van der Waals surface area contributed by atoms with Gasteiger partial charge in [-0.25, -0.2) is 0 Å².